The Labute approximate surface area is 93.1 Å². The van der Waals surface area contributed by atoms with Gasteiger partial charge >= 0.3 is 6.18 Å². The van der Waals surface area contributed by atoms with Crippen LogP contribution in [0.4, 0.5) is 13.2 Å². The molecule has 1 aromatic heterocycles. The lowest BCUT2D eigenvalue weighted by Gasteiger charge is -2.08. The van der Waals surface area contributed by atoms with Crippen molar-refractivity contribution in [3.8, 4) is 5.75 Å². The van der Waals surface area contributed by atoms with Gasteiger partial charge in [-0.3, -0.25) is 0 Å². The molecule has 0 radical (unpaired) electrons. The van der Waals surface area contributed by atoms with Crippen LogP contribution in [-0.2, 0) is 6.54 Å². The molecule has 2 aromatic rings. The first-order valence-electron chi connectivity index (χ1n) is 4.29. The van der Waals surface area contributed by atoms with Gasteiger partial charge in [-0.2, -0.15) is 13.2 Å². The topological polar surface area (TPSA) is 38.1 Å². The number of imidazole rings is 1. The molecule has 0 atom stereocenters. The van der Waals surface area contributed by atoms with Crippen LogP contribution in [0.3, 0.4) is 0 Å². The van der Waals surface area contributed by atoms with Crippen molar-refractivity contribution < 1.29 is 18.3 Å². The summed E-state index contributed by atoms with van der Waals surface area (Å²) in [7, 11) is 0. The lowest BCUT2D eigenvalue weighted by Crippen LogP contribution is -2.17. The van der Waals surface area contributed by atoms with E-state index < -0.39 is 12.7 Å². The zero-order valence-electron chi connectivity index (χ0n) is 7.79. The van der Waals surface area contributed by atoms with E-state index in [2.05, 4.69) is 4.98 Å². The van der Waals surface area contributed by atoms with E-state index in [1.165, 1.54) is 18.2 Å². The molecule has 86 valence electrons. The van der Waals surface area contributed by atoms with Gasteiger partial charge in [-0.05, 0) is 23.7 Å². The Balaban J connectivity index is 2.61. The molecule has 0 bridgehead atoms. The summed E-state index contributed by atoms with van der Waals surface area (Å²) in [5, 5.41) is 9.09. The molecule has 0 unspecified atom stereocenters. The number of phenolic OH excluding ortho intramolecular Hbond substituents is 1. The van der Waals surface area contributed by atoms with Crippen molar-refractivity contribution in [1.29, 1.82) is 0 Å². The Morgan fingerprint density at radius 1 is 1.38 bits per heavy atom. The van der Waals surface area contributed by atoms with Gasteiger partial charge < -0.3 is 9.67 Å². The SMILES string of the molecule is Oc1cccc2c1nc(Cl)n2CC(F)(F)F. The third-order valence-electron chi connectivity index (χ3n) is 2.05. The van der Waals surface area contributed by atoms with Crippen LogP contribution in [0.15, 0.2) is 18.2 Å². The summed E-state index contributed by atoms with van der Waals surface area (Å²) in [6.45, 7) is -1.23. The van der Waals surface area contributed by atoms with E-state index in [9.17, 15) is 18.3 Å². The Bertz CT molecular complexity index is 535. The minimum Gasteiger partial charge on any atom is -0.506 e. The van der Waals surface area contributed by atoms with E-state index in [0.717, 1.165) is 4.57 Å². The summed E-state index contributed by atoms with van der Waals surface area (Å²) in [5.74, 6) is -0.194. The number of fused-ring (bicyclic) bond motifs is 1. The average molecular weight is 251 g/mol. The van der Waals surface area contributed by atoms with E-state index in [1.54, 1.807) is 0 Å². The Hall–Kier alpha value is -1.43. The smallest absolute Gasteiger partial charge is 0.406 e. The number of hydrogen-bond acceptors (Lipinski definition) is 2. The quantitative estimate of drug-likeness (QED) is 0.845. The van der Waals surface area contributed by atoms with Crippen LogP contribution in [-0.4, -0.2) is 20.8 Å². The maximum atomic E-state index is 12.3. The molecule has 0 saturated heterocycles. The van der Waals surface area contributed by atoms with Gasteiger partial charge in [0.15, 0.2) is 0 Å². The summed E-state index contributed by atoms with van der Waals surface area (Å²) < 4.78 is 37.6. The second-order valence-corrected chi connectivity index (χ2v) is 3.57. The molecule has 1 aromatic carbocycles. The number of rotatable bonds is 1. The number of aromatic nitrogens is 2. The monoisotopic (exact) mass is 250 g/mol. The molecule has 2 rings (SSSR count). The first kappa shape index (κ1) is 11.1. The van der Waals surface area contributed by atoms with Crippen molar-refractivity contribution >= 4 is 22.6 Å². The fraction of sp³-hybridized carbons (Fsp3) is 0.222. The maximum Gasteiger partial charge on any atom is 0.406 e. The second kappa shape index (κ2) is 3.55. The van der Waals surface area contributed by atoms with Crippen molar-refractivity contribution in [2.24, 2.45) is 0 Å². The minimum absolute atomic E-state index is 0.0664. The first-order chi connectivity index (χ1) is 7.38. The first-order valence-corrected chi connectivity index (χ1v) is 4.67. The van der Waals surface area contributed by atoms with Gasteiger partial charge in [-0.1, -0.05) is 6.07 Å². The standard InChI is InChI=1S/C9H6ClF3N2O/c10-8-14-7-5(2-1-3-6(7)16)15(8)4-9(11,12)13/h1-3,16H,4H2. The Kier molecular flexibility index (Phi) is 2.46. The lowest BCUT2D eigenvalue weighted by atomic mass is 10.3. The zero-order valence-corrected chi connectivity index (χ0v) is 8.55. The summed E-state index contributed by atoms with van der Waals surface area (Å²) in [5.41, 5.74) is 0.221. The van der Waals surface area contributed by atoms with Crippen LogP contribution in [0.2, 0.25) is 5.28 Å². The van der Waals surface area contributed by atoms with Gasteiger partial charge in [-0.15, -0.1) is 0 Å². The summed E-state index contributed by atoms with van der Waals surface area (Å²) in [6.07, 6.45) is -4.39. The molecule has 7 heteroatoms. The molecule has 16 heavy (non-hydrogen) atoms. The molecular weight excluding hydrogens is 245 g/mol. The second-order valence-electron chi connectivity index (χ2n) is 3.23. The molecule has 0 fully saturated rings. The van der Waals surface area contributed by atoms with Crippen molar-refractivity contribution in [2.75, 3.05) is 0 Å². The highest BCUT2D eigenvalue weighted by Gasteiger charge is 2.30. The van der Waals surface area contributed by atoms with Crippen LogP contribution in [0.5, 0.6) is 5.75 Å². The number of hydrogen-bond donors (Lipinski definition) is 1. The molecule has 1 heterocycles. The van der Waals surface area contributed by atoms with Crippen LogP contribution >= 0.6 is 11.6 Å². The highest BCUT2D eigenvalue weighted by molar-refractivity contribution is 6.29. The fourth-order valence-electron chi connectivity index (χ4n) is 1.43. The largest absolute Gasteiger partial charge is 0.506 e. The summed E-state index contributed by atoms with van der Waals surface area (Å²) in [4.78, 5) is 3.68. The molecule has 3 nitrogen and oxygen atoms in total. The molecule has 0 aliphatic rings. The minimum atomic E-state index is -4.39. The van der Waals surface area contributed by atoms with E-state index >= 15 is 0 Å². The number of nitrogens with zero attached hydrogens (tertiary/aromatic N) is 2. The molecule has 1 N–H and O–H groups in total. The van der Waals surface area contributed by atoms with E-state index in [1.807, 2.05) is 0 Å². The molecule has 0 spiro atoms. The number of phenols is 1. The highest BCUT2D eigenvalue weighted by atomic mass is 35.5. The normalized spacial score (nSPS) is 12.2. The fourth-order valence-corrected chi connectivity index (χ4v) is 1.67. The van der Waals surface area contributed by atoms with E-state index in [-0.39, 0.29) is 22.1 Å². The van der Waals surface area contributed by atoms with Crippen LogP contribution in [0, 0.1) is 0 Å². The Morgan fingerprint density at radius 3 is 2.69 bits per heavy atom. The third kappa shape index (κ3) is 1.92. The number of benzene rings is 1. The van der Waals surface area contributed by atoms with Gasteiger partial charge in [0.2, 0.25) is 5.28 Å². The van der Waals surface area contributed by atoms with Crippen LogP contribution < -0.4 is 0 Å². The highest BCUT2D eigenvalue weighted by Crippen LogP contribution is 2.29. The van der Waals surface area contributed by atoms with Crippen molar-refractivity contribution in [3.05, 3.63) is 23.5 Å². The van der Waals surface area contributed by atoms with E-state index in [0.29, 0.717) is 0 Å². The van der Waals surface area contributed by atoms with Gasteiger partial charge in [-0.25, -0.2) is 4.98 Å². The average Bonchev–Trinajstić information content (AvgIpc) is 2.44. The van der Waals surface area contributed by atoms with Gasteiger partial charge in [0.05, 0.1) is 5.52 Å². The molecular formula is C9H6ClF3N2O. The lowest BCUT2D eigenvalue weighted by molar-refractivity contribution is -0.139. The van der Waals surface area contributed by atoms with Gasteiger partial charge in [0.25, 0.3) is 0 Å². The zero-order chi connectivity index (χ0) is 11.9. The van der Waals surface area contributed by atoms with Crippen molar-refractivity contribution in [3.63, 3.8) is 0 Å². The van der Waals surface area contributed by atoms with Crippen LogP contribution in [0.1, 0.15) is 0 Å². The Morgan fingerprint density at radius 2 is 2.06 bits per heavy atom. The van der Waals surface area contributed by atoms with Crippen molar-refractivity contribution in [1.82, 2.24) is 9.55 Å². The number of para-hydroxylation sites is 1. The molecule has 0 aliphatic carbocycles. The van der Waals surface area contributed by atoms with E-state index in [4.69, 9.17) is 11.6 Å². The predicted octanol–water partition coefficient (Wildman–Crippen LogP) is 2.96. The summed E-state index contributed by atoms with van der Waals surface area (Å²) in [6, 6.07) is 4.19. The predicted molar refractivity (Wildman–Crippen MR) is 52.5 cm³/mol. The summed E-state index contributed by atoms with van der Waals surface area (Å²) >= 11 is 5.59. The molecule has 0 amide bonds. The van der Waals surface area contributed by atoms with Gasteiger partial charge in [0, 0.05) is 0 Å². The molecule has 0 saturated carbocycles. The number of aromatic hydroxyl groups is 1. The van der Waals surface area contributed by atoms with Gasteiger partial charge in [0.1, 0.15) is 17.8 Å². The maximum absolute atomic E-state index is 12.3. The van der Waals surface area contributed by atoms with Crippen LogP contribution in [0.25, 0.3) is 11.0 Å². The third-order valence-corrected chi connectivity index (χ3v) is 2.34. The molecule has 0 aliphatic heterocycles. The number of alkyl halides is 3. The number of halogens is 4. The van der Waals surface area contributed by atoms with Crippen molar-refractivity contribution in [2.45, 2.75) is 12.7 Å².